The van der Waals surface area contributed by atoms with Gasteiger partial charge in [-0.15, -0.1) is 0 Å². The monoisotopic (exact) mass is 340 g/mol. The molecule has 0 aromatic heterocycles. The third kappa shape index (κ3) is 3.20. The van der Waals surface area contributed by atoms with Gasteiger partial charge in [0.25, 0.3) is 5.91 Å². The molecule has 1 saturated heterocycles. The summed E-state index contributed by atoms with van der Waals surface area (Å²) in [7, 11) is 0. The number of halogens is 2. The summed E-state index contributed by atoms with van der Waals surface area (Å²) in [6, 6.07) is 5.41. The van der Waals surface area contributed by atoms with Crippen LogP contribution in [-0.4, -0.2) is 36.0 Å². The predicted molar refractivity (Wildman–Crippen MR) is 79.2 cm³/mol. The Hall–Kier alpha value is -0.940. The van der Waals surface area contributed by atoms with Crippen molar-refractivity contribution in [3.8, 4) is 0 Å². The molecule has 108 valence electrons. The summed E-state index contributed by atoms with van der Waals surface area (Å²) in [5, 5.41) is 3.05. The molecular weight excluding hydrogens is 323 g/mol. The minimum absolute atomic E-state index is 0.115. The minimum atomic E-state index is -0.348. The molecule has 1 heterocycles. The molecule has 5 heteroatoms. The lowest BCUT2D eigenvalue weighted by atomic mass is 10.0. The number of benzene rings is 1. The van der Waals surface area contributed by atoms with Crippen LogP contribution in [-0.2, 0) is 0 Å². The smallest absolute Gasteiger partial charge is 0.251 e. The Morgan fingerprint density at radius 3 is 2.55 bits per heavy atom. The SMILES string of the molecule is O=C(NC1CCN(C2CC2)CC1)c1ccc(F)c(Br)c1. The van der Waals surface area contributed by atoms with Gasteiger partial charge in [-0.3, -0.25) is 4.79 Å². The first-order chi connectivity index (χ1) is 9.63. The molecule has 0 unspecified atom stereocenters. The zero-order valence-electron chi connectivity index (χ0n) is 11.2. The number of hydrogen-bond donors (Lipinski definition) is 1. The van der Waals surface area contributed by atoms with E-state index in [2.05, 4.69) is 26.1 Å². The molecular formula is C15H18BrFN2O. The topological polar surface area (TPSA) is 32.3 Å². The van der Waals surface area contributed by atoms with E-state index in [4.69, 9.17) is 0 Å². The molecule has 20 heavy (non-hydrogen) atoms. The predicted octanol–water partition coefficient (Wildman–Crippen LogP) is 2.94. The van der Waals surface area contributed by atoms with Crippen molar-refractivity contribution >= 4 is 21.8 Å². The van der Waals surface area contributed by atoms with Crippen LogP contribution in [0.1, 0.15) is 36.0 Å². The van der Waals surface area contributed by atoms with E-state index < -0.39 is 0 Å². The van der Waals surface area contributed by atoms with Crippen molar-refractivity contribution in [1.29, 1.82) is 0 Å². The highest BCUT2D eigenvalue weighted by molar-refractivity contribution is 9.10. The standard InChI is InChI=1S/C15H18BrFN2O/c16-13-9-10(1-4-14(13)17)15(20)18-11-5-7-19(8-6-11)12-2-3-12/h1,4,9,11-12H,2-3,5-8H2,(H,18,20). The Balaban J connectivity index is 1.54. The molecule has 0 radical (unpaired) electrons. The zero-order valence-corrected chi connectivity index (χ0v) is 12.8. The zero-order chi connectivity index (χ0) is 14.1. The van der Waals surface area contributed by atoms with Crippen molar-refractivity contribution in [2.45, 2.75) is 37.8 Å². The van der Waals surface area contributed by atoms with Crippen molar-refractivity contribution in [3.05, 3.63) is 34.1 Å². The molecule has 1 aromatic carbocycles. The van der Waals surface area contributed by atoms with Crippen LogP contribution >= 0.6 is 15.9 Å². The lowest BCUT2D eigenvalue weighted by Gasteiger charge is -2.32. The van der Waals surface area contributed by atoms with E-state index in [1.165, 1.54) is 31.0 Å². The van der Waals surface area contributed by atoms with Crippen LogP contribution in [0.4, 0.5) is 4.39 Å². The van der Waals surface area contributed by atoms with E-state index >= 15 is 0 Å². The minimum Gasteiger partial charge on any atom is -0.349 e. The van der Waals surface area contributed by atoms with E-state index in [1.807, 2.05) is 0 Å². The summed E-state index contributed by atoms with van der Waals surface area (Å²) in [6.45, 7) is 2.14. The average molecular weight is 341 g/mol. The van der Waals surface area contributed by atoms with Crippen molar-refractivity contribution in [2.75, 3.05) is 13.1 Å². The number of amides is 1. The summed E-state index contributed by atoms with van der Waals surface area (Å²) in [4.78, 5) is 14.7. The fourth-order valence-electron chi connectivity index (χ4n) is 2.75. The van der Waals surface area contributed by atoms with E-state index in [9.17, 15) is 9.18 Å². The van der Waals surface area contributed by atoms with E-state index in [0.717, 1.165) is 32.0 Å². The third-order valence-electron chi connectivity index (χ3n) is 4.11. The van der Waals surface area contributed by atoms with Gasteiger partial charge in [-0.25, -0.2) is 4.39 Å². The van der Waals surface area contributed by atoms with Gasteiger partial charge >= 0.3 is 0 Å². The number of nitrogens with one attached hydrogen (secondary N) is 1. The molecule has 3 rings (SSSR count). The highest BCUT2D eigenvalue weighted by Gasteiger charge is 2.32. The van der Waals surface area contributed by atoms with Gasteiger partial charge < -0.3 is 10.2 Å². The lowest BCUT2D eigenvalue weighted by molar-refractivity contribution is 0.0909. The molecule has 1 N–H and O–H groups in total. The molecule has 3 nitrogen and oxygen atoms in total. The third-order valence-corrected chi connectivity index (χ3v) is 4.72. The van der Waals surface area contributed by atoms with Gasteiger partial charge in [0.15, 0.2) is 0 Å². The molecule has 2 aliphatic rings. The molecule has 0 spiro atoms. The molecule has 1 aliphatic heterocycles. The molecule has 1 saturated carbocycles. The first-order valence-electron chi connectivity index (χ1n) is 7.13. The Labute approximate surface area is 126 Å². The van der Waals surface area contributed by atoms with Crippen LogP contribution in [0.3, 0.4) is 0 Å². The average Bonchev–Trinajstić information content (AvgIpc) is 3.27. The number of carbonyl (C=O) groups excluding carboxylic acids is 1. The van der Waals surface area contributed by atoms with Crippen LogP contribution in [0.5, 0.6) is 0 Å². The van der Waals surface area contributed by atoms with Crippen LogP contribution in [0.25, 0.3) is 0 Å². The highest BCUT2D eigenvalue weighted by atomic mass is 79.9. The first-order valence-corrected chi connectivity index (χ1v) is 7.93. The van der Waals surface area contributed by atoms with Gasteiger partial charge in [-0.1, -0.05) is 0 Å². The second kappa shape index (κ2) is 5.82. The number of likely N-dealkylation sites (tertiary alicyclic amines) is 1. The maximum absolute atomic E-state index is 13.2. The fraction of sp³-hybridized carbons (Fsp3) is 0.533. The van der Waals surface area contributed by atoms with Crippen LogP contribution in [0, 0.1) is 5.82 Å². The highest BCUT2D eigenvalue weighted by Crippen LogP contribution is 2.29. The molecule has 1 aromatic rings. The van der Waals surface area contributed by atoms with E-state index in [0.29, 0.717) is 10.0 Å². The Morgan fingerprint density at radius 2 is 1.95 bits per heavy atom. The quantitative estimate of drug-likeness (QED) is 0.917. The van der Waals surface area contributed by atoms with E-state index in [-0.39, 0.29) is 17.8 Å². The summed E-state index contributed by atoms with van der Waals surface area (Å²) in [5.41, 5.74) is 0.503. The van der Waals surface area contributed by atoms with Crippen molar-refractivity contribution in [1.82, 2.24) is 10.2 Å². The van der Waals surface area contributed by atoms with Crippen molar-refractivity contribution < 1.29 is 9.18 Å². The number of carbonyl (C=O) groups is 1. The molecule has 0 bridgehead atoms. The molecule has 0 atom stereocenters. The van der Waals surface area contributed by atoms with Gasteiger partial charge in [0.05, 0.1) is 4.47 Å². The number of hydrogen-bond acceptors (Lipinski definition) is 2. The van der Waals surface area contributed by atoms with E-state index in [1.54, 1.807) is 0 Å². The molecule has 1 aliphatic carbocycles. The Kier molecular flexibility index (Phi) is 4.08. The van der Waals surface area contributed by atoms with Gasteiger partial charge in [0, 0.05) is 30.7 Å². The van der Waals surface area contributed by atoms with Crippen LogP contribution in [0.15, 0.2) is 22.7 Å². The Bertz CT molecular complexity index is 511. The second-order valence-electron chi connectivity index (χ2n) is 5.64. The van der Waals surface area contributed by atoms with Gasteiger partial charge in [-0.2, -0.15) is 0 Å². The second-order valence-corrected chi connectivity index (χ2v) is 6.50. The van der Waals surface area contributed by atoms with Gasteiger partial charge in [-0.05, 0) is 59.8 Å². The van der Waals surface area contributed by atoms with Crippen molar-refractivity contribution in [2.24, 2.45) is 0 Å². The Morgan fingerprint density at radius 1 is 1.25 bits per heavy atom. The normalized spacial score (nSPS) is 20.9. The summed E-state index contributed by atoms with van der Waals surface area (Å²) in [6.07, 6.45) is 4.68. The van der Waals surface area contributed by atoms with Crippen molar-refractivity contribution in [3.63, 3.8) is 0 Å². The fourth-order valence-corrected chi connectivity index (χ4v) is 3.13. The first kappa shape index (κ1) is 14.0. The van der Waals surface area contributed by atoms with Crippen LogP contribution < -0.4 is 5.32 Å². The number of piperidine rings is 1. The van der Waals surface area contributed by atoms with Crippen LogP contribution in [0.2, 0.25) is 0 Å². The maximum atomic E-state index is 13.2. The summed E-state index contributed by atoms with van der Waals surface area (Å²) < 4.78 is 13.5. The van der Waals surface area contributed by atoms with Gasteiger partial charge in [0.2, 0.25) is 0 Å². The van der Waals surface area contributed by atoms with Gasteiger partial charge in [0.1, 0.15) is 5.82 Å². The number of nitrogens with zero attached hydrogens (tertiary/aromatic N) is 1. The largest absolute Gasteiger partial charge is 0.349 e. The summed E-state index contributed by atoms with van der Waals surface area (Å²) >= 11 is 3.11. The maximum Gasteiger partial charge on any atom is 0.251 e. The number of rotatable bonds is 3. The lowest BCUT2D eigenvalue weighted by Crippen LogP contribution is -2.45. The molecule has 2 fully saturated rings. The molecule has 1 amide bonds. The summed E-state index contributed by atoms with van der Waals surface area (Å²) in [5.74, 6) is -0.463.